The average Bonchev–Trinajstić information content (AvgIpc) is 3.01. The van der Waals surface area contributed by atoms with Crippen molar-refractivity contribution >= 4 is 0 Å². The molecule has 1 aromatic carbocycles. The summed E-state index contributed by atoms with van der Waals surface area (Å²) in [5, 5.41) is 10.6. The summed E-state index contributed by atoms with van der Waals surface area (Å²) >= 11 is 0. The number of hydrogen-bond acceptors (Lipinski definition) is 5. The van der Waals surface area contributed by atoms with Gasteiger partial charge < -0.3 is 14.6 Å². The molecule has 0 saturated heterocycles. The molecule has 1 heterocycles. The van der Waals surface area contributed by atoms with Gasteiger partial charge in [-0.25, -0.2) is 4.98 Å². The summed E-state index contributed by atoms with van der Waals surface area (Å²) in [6.45, 7) is 0. The number of nitrogens with zero attached hydrogens (tertiary/aromatic N) is 2. The van der Waals surface area contributed by atoms with E-state index in [1.54, 1.807) is 0 Å². The van der Waals surface area contributed by atoms with Gasteiger partial charge in [0, 0.05) is 0 Å². The zero-order chi connectivity index (χ0) is 14.8. The summed E-state index contributed by atoms with van der Waals surface area (Å²) in [5.41, 5.74) is 3.90. The average molecular weight is 286 g/mol. The molecule has 0 saturated carbocycles. The first-order valence-corrected chi connectivity index (χ1v) is 6.97. The summed E-state index contributed by atoms with van der Waals surface area (Å²) in [4.78, 5) is 8.39. The van der Waals surface area contributed by atoms with Crippen LogP contribution >= 0.6 is 0 Å². The van der Waals surface area contributed by atoms with Crippen molar-refractivity contribution in [1.29, 1.82) is 0 Å². The van der Waals surface area contributed by atoms with Crippen molar-refractivity contribution in [3.05, 3.63) is 46.8 Å². The molecule has 110 valence electrons. The van der Waals surface area contributed by atoms with Crippen LogP contribution in [0.2, 0.25) is 0 Å². The van der Waals surface area contributed by atoms with Crippen molar-refractivity contribution in [2.24, 2.45) is 0 Å². The SMILES string of the molecule is COc1cnc(C(O)c2ccc3c(c2)CCC3)c(OC)n1. The number of hydrogen-bond donors (Lipinski definition) is 1. The highest BCUT2D eigenvalue weighted by atomic mass is 16.5. The quantitative estimate of drug-likeness (QED) is 0.932. The van der Waals surface area contributed by atoms with Crippen LogP contribution in [0.1, 0.15) is 34.9 Å². The molecule has 0 spiro atoms. The molecule has 0 bridgehead atoms. The fraction of sp³-hybridized carbons (Fsp3) is 0.375. The normalized spacial score (nSPS) is 14.6. The third-order valence-electron chi connectivity index (χ3n) is 3.84. The maximum Gasteiger partial charge on any atom is 0.241 e. The van der Waals surface area contributed by atoms with E-state index >= 15 is 0 Å². The standard InChI is InChI=1S/C16H18N2O3/c1-20-13-9-17-14(16(18-13)21-2)15(19)12-7-6-10-4-3-5-11(10)8-12/h6-9,15,19H,3-5H2,1-2H3. The fourth-order valence-electron chi connectivity index (χ4n) is 2.72. The molecule has 1 aromatic heterocycles. The lowest BCUT2D eigenvalue weighted by Crippen LogP contribution is -2.07. The van der Waals surface area contributed by atoms with Crippen molar-refractivity contribution < 1.29 is 14.6 Å². The molecule has 1 aliphatic rings. The van der Waals surface area contributed by atoms with E-state index in [4.69, 9.17) is 9.47 Å². The molecular formula is C16H18N2O3. The van der Waals surface area contributed by atoms with Gasteiger partial charge in [0.05, 0.1) is 20.4 Å². The second-order valence-electron chi connectivity index (χ2n) is 5.09. The van der Waals surface area contributed by atoms with Crippen LogP contribution in [0, 0.1) is 0 Å². The number of aliphatic hydroxyl groups excluding tert-OH is 1. The molecule has 1 aliphatic carbocycles. The highest BCUT2D eigenvalue weighted by Crippen LogP contribution is 2.31. The van der Waals surface area contributed by atoms with Gasteiger partial charge in [-0.1, -0.05) is 18.2 Å². The fourth-order valence-corrected chi connectivity index (χ4v) is 2.72. The topological polar surface area (TPSA) is 64.5 Å². The van der Waals surface area contributed by atoms with Gasteiger partial charge in [-0.15, -0.1) is 0 Å². The number of fused-ring (bicyclic) bond motifs is 1. The Morgan fingerprint density at radius 2 is 1.95 bits per heavy atom. The highest BCUT2D eigenvalue weighted by molar-refractivity contribution is 5.39. The van der Waals surface area contributed by atoms with Crippen molar-refractivity contribution in [3.8, 4) is 11.8 Å². The molecule has 1 N–H and O–H groups in total. The number of aryl methyl sites for hydroxylation is 2. The van der Waals surface area contributed by atoms with E-state index in [9.17, 15) is 5.11 Å². The van der Waals surface area contributed by atoms with Gasteiger partial charge in [-0.3, -0.25) is 0 Å². The maximum absolute atomic E-state index is 10.6. The monoisotopic (exact) mass is 286 g/mol. The van der Waals surface area contributed by atoms with Crippen LogP contribution in [-0.4, -0.2) is 29.3 Å². The number of aromatic nitrogens is 2. The van der Waals surface area contributed by atoms with Gasteiger partial charge in [-0.2, -0.15) is 4.98 Å². The van der Waals surface area contributed by atoms with E-state index in [0.29, 0.717) is 11.6 Å². The van der Waals surface area contributed by atoms with Gasteiger partial charge in [0.1, 0.15) is 11.8 Å². The van der Waals surface area contributed by atoms with Gasteiger partial charge in [0.15, 0.2) is 0 Å². The molecule has 0 aliphatic heterocycles. The number of rotatable bonds is 4. The molecule has 21 heavy (non-hydrogen) atoms. The van der Waals surface area contributed by atoms with Crippen LogP contribution < -0.4 is 9.47 Å². The predicted octanol–water partition coefficient (Wildman–Crippen LogP) is 2.06. The molecular weight excluding hydrogens is 268 g/mol. The summed E-state index contributed by atoms with van der Waals surface area (Å²) in [6, 6.07) is 6.09. The van der Waals surface area contributed by atoms with Crippen LogP contribution in [0.3, 0.4) is 0 Å². The third kappa shape index (κ3) is 2.56. The Hall–Kier alpha value is -2.14. The molecule has 1 atom stereocenters. The Labute approximate surface area is 123 Å². The van der Waals surface area contributed by atoms with E-state index in [-0.39, 0.29) is 5.88 Å². The Bertz CT molecular complexity index is 658. The lowest BCUT2D eigenvalue weighted by Gasteiger charge is -2.15. The van der Waals surface area contributed by atoms with E-state index < -0.39 is 6.10 Å². The third-order valence-corrected chi connectivity index (χ3v) is 3.84. The number of methoxy groups -OCH3 is 2. The summed E-state index contributed by atoms with van der Waals surface area (Å²) in [5.74, 6) is 0.638. The van der Waals surface area contributed by atoms with Crippen molar-refractivity contribution in [2.75, 3.05) is 14.2 Å². The summed E-state index contributed by atoms with van der Waals surface area (Å²) in [7, 11) is 3.02. The van der Waals surface area contributed by atoms with Crippen molar-refractivity contribution in [2.45, 2.75) is 25.4 Å². The molecule has 1 unspecified atom stereocenters. The lowest BCUT2D eigenvalue weighted by atomic mass is 10.0. The first kappa shape index (κ1) is 13.8. The van der Waals surface area contributed by atoms with E-state index in [2.05, 4.69) is 22.1 Å². The Balaban J connectivity index is 1.96. The highest BCUT2D eigenvalue weighted by Gasteiger charge is 2.21. The van der Waals surface area contributed by atoms with E-state index in [1.807, 2.05) is 6.07 Å². The molecule has 3 rings (SSSR count). The first-order chi connectivity index (χ1) is 10.2. The molecule has 2 aromatic rings. The minimum Gasteiger partial charge on any atom is -0.480 e. The predicted molar refractivity (Wildman–Crippen MR) is 77.7 cm³/mol. The Morgan fingerprint density at radius 3 is 2.71 bits per heavy atom. The zero-order valence-corrected chi connectivity index (χ0v) is 12.2. The summed E-state index contributed by atoms with van der Waals surface area (Å²) < 4.78 is 10.2. The maximum atomic E-state index is 10.6. The van der Waals surface area contributed by atoms with E-state index in [0.717, 1.165) is 18.4 Å². The summed E-state index contributed by atoms with van der Waals surface area (Å²) in [6.07, 6.45) is 4.00. The molecule has 5 heteroatoms. The largest absolute Gasteiger partial charge is 0.480 e. The first-order valence-electron chi connectivity index (χ1n) is 6.97. The minimum atomic E-state index is -0.857. The minimum absolute atomic E-state index is 0.280. The molecule has 5 nitrogen and oxygen atoms in total. The number of ether oxygens (including phenoxy) is 2. The molecule has 0 amide bonds. The van der Waals surface area contributed by atoms with Gasteiger partial charge in [0.2, 0.25) is 11.8 Å². The second kappa shape index (κ2) is 5.69. The van der Waals surface area contributed by atoms with Crippen molar-refractivity contribution in [3.63, 3.8) is 0 Å². The lowest BCUT2D eigenvalue weighted by molar-refractivity contribution is 0.206. The zero-order valence-electron chi connectivity index (χ0n) is 12.2. The van der Waals surface area contributed by atoms with Crippen LogP contribution in [-0.2, 0) is 12.8 Å². The van der Waals surface area contributed by atoms with E-state index in [1.165, 1.54) is 38.0 Å². The number of benzene rings is 1. The van der Waals surface area contributed by atoms with Crippen LogP contribution in [0.15, 0.2) is 24.4 Å². The van der Waals surface area contributed by atoms with Crippen LogP contribution in [0.5, 0.6) is 11.8 Å². The van der Waals surface area contributed by atoms with Gasteiger partial charge >= 0.3 is 0 Å². The van der Waals surface area contributed by atoms with Gasteiger partial charge in [-0.05, 0) is 36.0 Å². The van der Waals surface area contributed by atoms with Crippen LogP contribution in [0.4, 0.5) is 0 Å². The number of aliphatic hydroxyl groups is 1. The van der Waals surface area contributed by atoms with Crippen LogP contribution in [0.25, 0.3) is 0 Å². The Morgan fingerprint density at radius 1 is 1.14 bits per heavy atom. The van der Waals surface area contributed by atoms with Crippen molar-refractivity contribution in [1.82, 2.24) is 9.97 Å². The molecule has 0 radical (unpaired) electrons. The second-order valence-corrected chi connectivity index (χ2v) is 5.09. The molecule has 0 fully saturated rings. The van der Waals surface area contributed by atoms with Gasteiger partial charge in [0.25, 0.3) is 0 Å². The Kier molecular flexibility index (Phi) is 3.75. The smallest absolute Gasteiger partial charge is 0.241 e.